The van der Waals surface area contributed by atoms with Crippen molar-refractivity contribution in [3.05, 3.63) is 84.2 Å². The van der Waals surface area contributed by atoms with Gasteiger partial charge in [-0.25, -0.2) is 0 Å². The van der Waals surface area contributed by atoms with E-state index in [2.05, 4.69) is 15.6 Å². The van der Waals surface area contributed by atoms with Crippen LogP contribution in [0.2, 0.25) is 0 Å². The molecule has 0 saturated heterocycles. The van der Waals surface area contributed by atoms with Gasteiger partial charge in [-0.2, -0.15) is 0 Å². The second-order valence-electron chi connectivity index (χ2n) is 5.82. The van der Waals surface area contributed by atoms with Gasteiger partial charge in [0.1, 0.15) is 5.75 Å². The molecular weight excluding hydrogens is 342 g/mol. The van der Waals surface area contributed by atoms with Crippen LogP contribution in [-0.2, 0) is 11.2 Å². The number of para-hydroxylation sites is 2. The van der Waals surface area contributed by atoms with Crippen molar-refractivity contribution in [2.75, 3.05) is 17.7 Å². The van der Waals surface area contributed by atoms with Crippen molar-refractivity contribution in [2.24, 2.45) is 0 Å². The molecule has 0 aliphatic heterocycles. The Hall–Kier alpha value is -3.67. The monoisotopic (exact) mass is 361 g/mol. The number of ether oxygens (including phenoxy) is 1. The molecule has 2 N–H and O–H groups in total. The predicted molar refractivity (Wildman–Crippen MR) is 104 cm³/mol. The van der Waals surface area contributed by atoms with Crippen LogP contribution in [0.1, 0.15) is 15.9 Å². The van der Waals surface area contributed by atoms with E-state index in [4.69, 9.17) is 4.74 Å². The van der Waals surface area contributed by atoms with Crippen LogP contribution in [-0.4, -0.2) is 23.9 Å². The second kappa shape index (κ2) is 8.62. The van der Waals surface area contributed by atoms with Crippen LogP contribution >= 0.6 is 0 Å². The van der Waals surface area contributed by atoms with Gasteiger partial charge in [0.2, 0.25) is 5.91 Å². The molecule has 0 bridgehead atoms. The number of aromatic nitrogens is 1. The van der Waals surface area contributed by atoms with Crippen molar-refractivity contribution in [1.82, 2.24) is 4.98 Å². The van der Waals surface area contributed by atoms with E-state index in [1.807, 2.05) is 24.3 Å². The van der Waals surface area contributed by atoms with Crippen LogP contribution < -0.4 is 15.4 Å². The maximum Gasteiger partial charge on any atom is 0.257 e. The molecule has 0 aliphatic carbocycles. The molecule has 2 aromatic carbocycles. The zero-order chi connectivity index (χ0) is 19.1. The molecule has 6 heteroatoms. The highest BCUT2D eigenvalue weighted by Crippen LogP contribution is 2.22. The smallest absolute Gasteiger partial charge is 0.257 e. The van der Waals surface area contributed by atoms with E-state index in [0.29, 0.717) is 22.7 Å². The Kier molecular flexibility index (Phi) is 5.79. The summed E-state index contributed by atoms with van der Waals surface area (Å²) in [6.45, 7) is 0. The van der Waals surface area contributed by atoms with Gasteiger partial charge in [-0.15, -0.1) is 0 Å². The molecule has 6 nitrogen and oxygen atoms in total. The fourth-order valence-electron chi connectivity index (χ4n) is 2.55. The summed E-state index contributed by atoms with van der Waals surface area (Å²) in [5.41, 5.74) is 2.33. The van der Waals surface area contributed by atoms with Gasteiger partial charge in [-0.1, -0.05) is 24.3 Å². The van der Waals surface area contributed by atoms with Crippen molar-refractivity contribution in [3.63, 3.8) is 0 Å². The zero-order valence-electron chi connectivity index (χ0n) is 14.8. The predicted octanol–water partition coefficient (Wildman–Crippen LogP) is 3.52. The average molecular weight is 361 g/mol. The van der Waals surface area contributed by atoms with Gasteiger partial charge in [0.15, 0.2) is 0 Å². The zero-order valence-corrected chi connectivity index (χ0v) is 14.8. The van der Waals surface area contributed by atoms with Crippen molar-refractivity contribution in [1.29, 1.82) is 0 Å². The summed E-state index contributed by atoms with van der Waals surface area (Å²) in [5, 5.41) is 5.64. The SMILES string of the molecule is COc1cccc(CC(=O)Nc2ccccc2NC(=O)c2cccnc2)c1. The number of anilines is 2. The van der Waals surface area contributed by atoms with Crippen LogP contribution in [0.15, 0.2) is 73.1 Å². The van der Waals surface area contributed by atoms with E-state index in [1.54, 1.807) is 49.7 Å². The van der Waals surface area contributed by atoms with Crippen molar-refractivity contribution >= 4 is 23.2 Å². The van der Waals surface area contributed by atoms with Crippen molar-refractivity contribution < 1.29 is 14.3 Å². The molecule has 1 aromatic heterocycles. The summed E-state index contributed by atoms with van der Waals surface area (Å²) in [7, 11) is 1.58. The Labute approximate surface area is 157 Å². The number of methoxy groups -OCH3 is 1. The normalized spacial score (nSPS) is 10.1. The first-order valence-corrected chi connectivity index (χ1v) is 8.39. The molecule has 1 heterocycles. The number of pyridine rings is 1. The Morgan fingerprint density at radius 3 is 2.44 bits per heavy atom. The second-order valence-corrected chi connectivity index (χ2v) is 5.82. The Bertz CT molecular complexity index is 942. The van der Waals surface area contributed by atoms with E-state index < -0.39 is 0 Å². The quantitative estimate of drug-likeness (QED) is 0.704. The molecule has 2 amide bonds. The Morgan fingerprint density at radius 1 is 0.963 bits per heavy atom. The summed E-state index contributed by atoms with van der Waals surface area (Å²) in [4.78, 5) is 28.7. The molecule has 0 atom stereocenters. The lowest BCUT2D eigenvalue weighted by atomic mass is 10.1. The number of rotatable bonds is 6. The summed E-state index contributed by atoms with van der Waals surface area (Å²) in [6, 6.07) is 17.8. The molecular formula is C21H19N3O3. The summed E-state index contributed by atoms with van der Waals surface area (Å²) in [6.07, 6.45) is 3.28. The molecule has 0 unspecified atom stereocenters. The average Bonchev–Trinajstić information content (AvgIpc) is 2.70. The standard InChI is InChI=1S/C21H19N3O3/c1-27-17-8-4-6-15(12-17)13-20(25)23-18-9-2-3-10-19(18)24-21(26)16-7-5-11-22-14-16/h2-12,14H,13H2,1H3,(H,23,25)(H,24,26). The van der Waals surface area contributed by atoms with Crippen molar-refractivity contribution in [2.45, 2.75) is 6.42 Å². The maximum absolute atomic E-state index is 12.4. The van der Waals surface area contributed by atoms with Crippen LogP contribution in [0.5, 0.6) is 5.75 Å². The summed E-state index contributed by atoms with van der Waals surface area (Å²) >= 11 is 0. The van der Waals surface area contributed by atoms with E-state index >= 15 is 0 Å². The number of hydrogen-bond acceptors (Lipinski definition) is 4. The summed E-state index contributed by atoms with van der Waals surface area (Å²) < 4.78 is 5.18. The largest absolute Gasteiger partial charge is 0.497 e. The molecule has 27 heavy (non-hydrogen) atoms. The number of hydrogen-bond donors (Lipinski definition) is 2. The van der Waals surface area contributed by atoms with Gasteiger partial charge >= 0.3 is 0 Å². The number of benzene rings is 2. The number of nitrogens with zero attached hydrogens (tertiary/aromatic N) is 1. The minimum Gasteiger partial charge on any atom is -0.497 e. The molecule has 136 valence electrons. The summed E-state index contributed by atoms with van der Waals surface area (Å²) in [5.74, 6) is 0.216. The molecule has 0 aliphatic rings. The number of nitrogens with one attached hydrogen (secondary N) is 2. The third kappa shape index (κ3) is 4.92. The van der Waals surface area contributed by atoms with Gasteiger partial charge in [-0.05, 0) is 42.0 Å². The highest BCUT2D eigenvalue weighted by molar-refractivity contribution is 6.07. The Balaban J connectivity index is 1.70. The van der Waals surface area contributed by atoms with Gasteiger partial charge in [0.25, 0.3) is 5.91 Å². The van der Waals surface area contributed by atoms with E-state index in [1.165, 1.54) is 6.20 Å². The number of carbonyl (C=O) groups is 2. The van der Waals surface area contributed by atoms with Crippen LogP contribution in [0.4, 0.5) is 11.4 Å². The number of carbonyl (C=O) groups excluding carboxylic acids is 2. The van der Waals surface area contributed by atoms with Gasteiger partial charge in [0, 0.05) is 12.4 Å². The van der Waals surface area contributed by atoms with E-state index in [9.17, 15) is 9.59 Å². The van der Waals surface area contributed by atoms with E-state index in [0.717, 1.165) is 5.56 Å². The lowest BCUT2D eigenvalue weighted by Crippen LogP contribution is -2.18. The maximum atomic E-state index is 12.4. The van der Waals surface area contributed by atoms with Crippen molar-refractivity contribution in [3.8, 4) is 5.75 Å². The fraction of sp³-hybridized carbons (Fsp3) is 0.0952. The molecule has 0 spiro atoms. The van der Waals surface area contributed by atoms with Crippen LogP contribution in [0.3, 0.4) is 0 Å². The topological polar surface area (TPSA) is 80.3 Å². The first-order valence-electron chi connectivity index (χ1n) is 8.39. The number of amides is 2. The van der Waals surface area contributed by atoms with Crippen LogP contribution in [0, 0.1) is 0 Å². The Morgan fingerprint density at radius 2 is 1.74 bits per heavy atom. The first kappa shape index (κ1) is 18.1. The van der Waals surface area contributed by atoms with Gasteiger partial charge in [0.05, 0.1) is 30.5 Å². The minimum atomic E-state index is -0.294. The molecule has 3 rings (SSSR count). The van der Waals surface area contributed by atoms with Gasteiger partial charge < -0.3 is 15.4 Å². The van der Waals surface area contributed by atoms with E-state index in [-0.39, 0.29) is 18.2 Å². The highest BCUT2D eigenvalue weighted by atomic mass is 16.5. The highest BCUT2D eigenvalue weighted by Gasteiger charge is 2.11. The lowest BCUT2D eigenvalue weighted by molar-refractivity contribution is -0.115. The van der Waals surface area contributed by atoms with Crippen LogP contribution in [0.25, 0.3) is 0 Å². The van der Waals surface area contributed by atoms with Gasteiger partial charge in [-0.3, -0.25) is 14.6 Å². The first-order chi connectivity index (χ1) is 13.2. The molecule has 0 radical (unpaired) electrons. The molecule has 0 fully saturated rings. The fourth-order valence-corrected chi connectivity index (χ4v) is 2.55. The lowest BCUT2D eigenvalue weighted by Gasteiger charge is -2.12. The third-order valence-corrected chi connectivity index (χ3v) is 3.87. The third-order valence-electron chi connectivity index (χ3n) is 3.87. The molecule has 3 aromatic rings. The minimum absolute atomic E-state index is 0.189. The molecule has 0 saturated carbocycles.